The Labute approximate surface area is 79.0 Å². The average molecular weight is 208 g/mol. The van der Waals surface area contributed by atoms with E-state index in [1.165, 1.54) is 0 Å². The molecule has 0 aliphatic rings. The summed E-state index contributed by atoms with van der Waals surface area (Å²) in [5.74, 6) is 0. The molecule has 0 radical (unpaired) electrons. The molecule has 0 unspecified atom stereocenters. The van der Waals surface area contributed by atoms with Crippen LogP contribution in [0.1, 0.15) is 0 Å². The molecule has 2 N–H and O–H groups in total. The van der Waals surface area contributed by atoms with Crippen LogP contribution in [0.3, 0.4) is 0 Å². The molecule has 0 aromatic carbocycles. The van der Waals surface area contributed by atoms with Crippen LogP contribution in [-0.2, 0) is 9.47 Å². The van der Waals surface area contributed by atoms with Gasteiger partial charge in [0.05, 0.1) is 0 Å². The number of carbonyl (C=O) groups is 2. The van der Waals surface area contributed by atoms with E-state index in [0.29, 0.717) is 0 Å². The molecule has 0 fully saturated rings. The Bertz CT molecular complexity index is 214. The third kappa shape index (κ3) is 40.8. The predicted molar refractivity (Wildman–Crippen MR) is 39.8 cm³/mol. The molecule has 9 heteroatoms. The summed E-state index contributed by atoms with van der Waals surface area (Å²) in [6, 6.07) is 0. The SMILES string of the molecule is N#COC(=O)O.N#COC(=O)O.S. The van der Waals surface area contributed by atoms with Gasteiger partial charge in [-0.15, -0.1) is 10.5 Å². The molecule has 72 valence electrons. The second-order valence-corrected chi connectivity index (χ2v) is 0.919. The van der Waals surface area contributed by atoms with Gasteiger partial charge in [0.1, 0.15) is 0 Å². The van der Waals surface area contributed by atoms with Crippen LogP contribution in [0.5, 0.6) is 0 Å². The largest absolute Gasteiger partial charge is 0.521 e. The minimum absolute atomic E-state index is 0. The monoisotopic (exact) mass is 208 g/mol. The van der Waals surface area contributed by atoms with Gasteiger partial charge in [-0.2, -0.15) is 13.5 Å². The van der Waals surface area contributed by atoms with Crippen molar-refractivity contribution < 1.29 is 29.3 Å². The highest BCUT2D eigenvalue weighted by Crippen LogP contribution is 1.65. The van der Waals surface area contributed by atoms with Gasteiger partial charge in [0, 0.05) is 0 Å². The van der Waals surface area contributed by atoms with Gasteiger partial charge in [0.2, 0.25) is 0 Å². The molecule has 0 heterocycles. The lowest BCUT2D eigenvalue weighted by Gasteiger charge is -1.73. The quantitative estimate of drug-likeness (QED) is 0.431. The van der Waals surface area contributed by atoms with Crippen LogP contribution in [0, 0.1) is 23.0 Å². The van der Waals surface area contributed by atoms with Crippen molar-refractivity contribution >= 4 is 25.8 Å². The fraction of sp³-hybridized carbons (Fsp3) is 0. The van der Waals surface area contributed by atoms with Crippen molar-refractivity contribution in [3.63, 3.8) is 0 Å². The Balaban J connectivity index is -0.000000143. The molecule has 0 aliphatic carbocycles. The maximum absolute atomic E-state index is 9.15. The van der Waals surface area contributed by atoms with Crippen molar-refractivity contribution in [2.45, 2.75) is 0 Å². The molecule has 0 spiro atoms. The third-order valence-electron chi connectivity index (χ3n) is 0.266. The van der Waals surface area contributed by atoms with Gasteiger partial charge in [0.25, 0.3) is 12.5 Å². The highest BCUT2D eigenvalue weighted by Gasteiger charge is 1.88. The molecule has 0 aromatic rings. The van der Waals surface area contributed by atoms with E-state index in [2.05, 4.69) is 9.47 Å². The van der Waals surface area contributed by atoms with Crippen molar-refractivity contribution in [2.75, 3.05) is 0 Å². The molecular weight excluding hydrogens is 204 g/mol. The number of carboxylic acid groups (broad SMARTS) is 2. The van der Waals surface area contributed by atoms with E-state index in [1.807, 2.05) is 0 Å². The molecular formula is C4H4N2O6S. The summed E-state index contributed by atoms with van der Waals surface area (Å²) < 4.78 is 6.53. The molecule has 0 aromatic heterocycles. The van der Waals surface area contributed by atoms with Gasteiger partial charge < -0.3 is 19.7 Å². The minimum Gasteiger partial charge on any atom is -0.449 e. The van der Waals surface area contributed by atoms with Crippen LogP contribution in [0.4, 0.5) is 9.59 Å². The zero-order chi connectivity index (χ0) is 9.98. The zero-order valence-electron chi connectivity index (χ0n) is 5.92. The van der Waals surface area contributed by atoms with Crippen LogP contribution in [0.25, 0.3) is 0 Å². The van der Waals surface area contributed by atoms with E-state index < -0.39 is 12.3 Å². The molecule has 0 atom stereocenters. The molecule has 13 heavy (non-hydrogen) atoms. The Morgan fingerprint density at radius 2 is 1.23 bits per heavy atom. The van der Waals surface area contributed by atoms with E-state index in [0.717, 1.165) is 12.5 Å². The fourth-order valence-corrected chi connectivity index (χ4v) is 0.0781. The van der Waals surface area contributed by atoms with Gasteiger partial charge in [-0.3, -0.25) is 0 Å². The van der Waals surface area contributed by atoms with Crippen LogP contribution in [0.15, 0.2) is 0 Å². The number of nitriles is 2. The maximum atomic E-state index is 9.15. The molecule has 0 rings (SSSR count). The molecule has 0 amide bonds. The molecule has 8 nitrogen and oxygen atoms in total. The number of ether oxygens (including phenoxy) is 2. The average Bonchev–Trinajstić information content (AvgIpc) is 1.87. The van der Waals surface area contributed by atoms with E-state index in [9.17, 15) is 0 Å². The summed E-state index contributed by atoms with van der Waals surface area (Å²) in [4.78, 5) is 18.3. The van der Waals surface area contributed by atoms with Crippen molar-refractivity contribution in [2.24, 2.45) is 0 Å². The van der Waals surface area contributed by atoms with E-state index >= 15 is 0 Å². The van der Waals surface area contributed by atoms with E-state index in [-0.39, 0.29) is 13.5 Å². The van der Waals surface area contributed by atoms with Crippen molar-refractivity contribution in [3.05, 3.63) is 0 Å². The predicted octanol–water partition coefficient (Wildman–Crippen LogP) is 0.437. The van der Waals surface area contributed by atoms with Gasteiger partial charge in [-0.25, -0.2) is 9.59 Å². The van der Waals surface area contributed by atoms with Crippen LogP contribution >= 0.6 is 13.5 Å². The first-order chi connectivity index (χ1) is 5.54. The van der Waals surface area contributed by atoms with Crippen LogP contribution < -0.4 is 0 Å². The molecule has 0 saturated heterocycles. The summed E-state index contributed by atoms with van der Waals surface area (Å²) >= 11 is 0. The summed E-state index contributed by atoms with van der Waals surface area (Å²) in [6.45, 7) is 0. The van der Waals surface area contributed by atoms with E-state index in [4.69, 9.17) is 30.3 Å². The molecule has 0 bridgehead atoms. The highest BCUT2D eigenvalue weighted by molar-refractivity contribution is 7.59. The second kappa shape index (κ2) is 12.5. The van der Waals surface area contributed by atoms with Gasteiger partial charge in [-0.1, -0.05) is 0 Å². The Morgan fingerprint density at radius 3 is 1.23 bits per heavy atom. The van der Waals surface area contributed by atoms with Crippen LogP contribution in [0.2, 0.25) is 0 Å². The number of hydrogen-bond acceptors (Lipinski definition) is 6. The first-order valence-electron chi connectivity index (χ1n) is 2.12. The van der Waals surface area contributed by atoms with Crippen LogP contribution in [-0.4, -0.2) is 22.5 Å². The Kier molecular flexibility index (Phi) is 16.5. The fourth-order valence-electron chi connectivity index (χ4n) is 0.0781. The number of hydrogen-bond donors (Lipinski definition) is 2. The first-order valence-corrected chi connectivity index (χ1v) is 2.12. The number of nitrogens with zero attached hydrogens (tertiary/aromatic N) is 2. The van der Waals surface area contributed by atoms with E-state index in [1.54, 1.807) is 0 Å². The standard InChI is InChI=1S/2C2HNO3.H2S/c2*3-1-6-2(4)5;/h2*(H,4,5);1H2. The van der Waals surface area contributed by atoms with Gasteiger partial charge in [0.15, 0.2) is 0 Å². The third-order valence-corrected chi connectivity index (χ3v) is 0.266. The highest BCUT2D eigenvalue weighted by atomic mass is 32.1. The maximum Gasteiger partial charge on any atom is 0.521 e. The van der Waals surface area contributed by atoms with Crippen molar-refractivity contribution in [1.82, 2.24) is 0 Å². The Hall–Kier alpha value is -2.13. The normalized spacial score (nSPS) is 5.38. The summed E-state index contributed by atoms with van der Waals surface area (Å²) in [6.07, 6.45) is -1.21. The first kappa shape index (κ1) is 17.1. The topological polar surface area (TPSA) is 141 Å². The number of rotatable bonds is 0. The lowest BCUT2D eigenvalue weighted by molar-refractivity contribution is 0.131. The summed E-state index contributed by atoms with van der Waals surface area (Å²) in [5.41, 5.74) is 0. The van der Waals surface area contributed by atoms with Crippen molar-refractivity contribution in [1.29, 1.82) is 10.5 Å². The minimum atomic E-state index is -1.57. The summed E-state index contributed by atoms with van der Waals surface area (Å²) in [7, 11) is 0. The smallest absolute Gasteiger partial charge is 0.449 e. The Morgan fingerprint density at radius 1 is 1.00 bits per heavy atom. The molecule has 0 aliphatic heterocycles. The second-order valence-electron chi connectivity index (χ2n) is 0.919. The molecule has 0 saturated carbocycles. The van der Waals surface area contributed by atoms with Gasteiger partial charge in [-0.05, 0) is 0 Å². The van der Waals surface area contributed by atoms with Gasteiger partial charge >= 0.3 is 12.3 Å². The van der Waals surface area contributed by atoms with Crippen molar-refractivity contribution in [3.8, 4) is 12.5 Å². The summed E-state index contributed by atoms with van der Waals surface area (Å²) in [5, 5.41) is 29.7. The lowest BCUT2D eigenvalue weighted by atomic mass is 11.3. The lowest BCUT2D eigenvalue weighted by Crippen LogP contribution is -1.90. The zero-order valence-corrected chi connectivity index (χ0v) is 6.92.